The number of methoxy groups -OCH3 is 1. The summed E-state index contributed by atoms with van der Waals surface area (Å²) < 4.78 is 206. The summed E-state index contributed by atoms with van der Waals surface area (Å²) in [5.74, 6) is -29.1. The van der Waals surface area contributed by atoms with E-state index in [9.17, 15) is 17.6 Å². The molecule has 6 aromatic carbocycles. The zero-order chi connectivity index (χ0) is 49.1. The molecule has 0 spiro atoms. The molecule has 0 radical (unpaired) electrons. The SMILES string of the molecule is COCCOCCOc1ccc([I+]c2ccccc2)cc1.Fc1c(Cl)c(F)c([B-](c2c(F)c(Cl)c(F)c(Cl)c2F)(c2c(F)c(Cl)c(F)c(Cl)c2F)c2c(F)c(Cl)c(F)c(Cl)c2F)c(F)c1Cl. The van der Waals surface area contributed by atoms with Crippen LogP contribution in [0.3, 0.4) is 0 Å². The molecule has 3 nitrogen and oxygen atoms in total. The van der Waals surface area contributed by atoms with Gasteiger partial charge in [-0.05, 0) is 36.4 Å². The van der Waals surface area contributed by atoms with E-state index in [1.165, 1.54) is 7.14 Å². The van der Waals surface area contributed by atoms with Crippen LogP contribution in [0.4, 0.5) is 52.7 Å². The van der Waals surface area contributed by atoms with Gasteiger partial charge in [0.2, 0.25) is 0 Å². The van der Waals surface area contributed by atoms with Crippen molar-refractivity contribution in [3.05, 3.63) is 172 Å². The lowest BCUT2D eigenvalue weighted by Crippen LogP contribution is -3.61. The van der Waals surface area contributed by atoms with E-state index in [0.717, 1.165) is 5.75 Å². The summed E-state index contributed by atoms with van der Waals surface area (Å²) in [6.07, 6.45) is -5.97. The minimum atomic E-state index is -5.97. The van der Waals surface area contributed by atoms with E-state index in [2.05, 4.69) is 42.5 Å². The lowest BCUT2D eigenvalue weighted by molar-refractivity contribution is -0.597. The van der Waals surface area contributed by atoms with Crippen molar-refractivity contribution in [1.82, 2.24) is 0 Å². The summed E-state index contributed by atoms with van der Waals surface area (Å²) in [5, 5.41) is -15.6. The second-order valence-electron chi connectivity index (χ2n) is 13.1. The minimum Gasteiger partial charge on any atom is -0.491 e. The fraction of sp³-hybridized carbons (Fsp3) is 0.122. The van der Waals surface area contributed by atoms with Crippen LogP contribution in [0, 0.1) is 76.9 Å². The van der Waals surface area contributed by atoms with Crippen LogP contribution in [0.25, 0.3) is 0 Å². The highest BCUT2D eigenvalue weighted by Crippen LogP contribution is 2.38. The summed E-state index contributed by atoms with van der Waals surface area (Å²) in [6, 6.07) is 19.0. The quantitative estimate of drug-likeness (QED) is 0.0288. The molecule has 0 aliphatic carbocycles. The van der Waals surface area contributed by atoms with Crippen molar-refractivity contribution < 1.29 is 88.1 Å². The molecule has 25 heteroatoms. The van der Waals surface area contributed by atoms with Crippen LogP contribution in [0.1, 0.15) is 0 Å². The Kier molecular flexibility index (Phi) is 18.8. The van der Waals surface area contributed by atoms with E-state index >= 15 is 35.1 Å². The third kappa shape index (κ3) is 10.3. The van der Waals surface area contributed by atoms with E-state index in [0.29, 0.717) is 26.4 Å². The van der Waals surface area contributed by atoms with Gasteiger partial charge in [0.25, 0.3) is 0 Å². The van der Waals surface area contributed by atoms with Crippen LogP contribution in [-0.2, 0) is 9.47 Å². The Hall–Kier alpha value is -2.69. The molecule has 0 aliphatic heterocycles. The molecule has 0 unspecified atom stereocenters. The van der Waals surface area contributed by atoms with Gasteiger partial charge in [0, 0.05) is 7.11 Å². The molecule has 0 heterocycles. The van der Waals surface area contributed by atoms with Crippen molar-refractivity contribution in [2.24, 2.45) is 0 Å². The molecule has 6 rings (SSSR count). The Morgan fingerprint density at radius 1 is 0.379 bits per heavy atom. The average molecular weight is 1210 g/mol. The highest BCUT2D eigenvalue weighted by atomic mass is 127. The predicted molar refractivity (Wildman–Crippen MR) is 228 cm³/mol. The first-order chi connectivity index (χ1) is 31.1. The first kappa shape index (κ1) is 54.3. The first-order valence-corrected chi connectivity index (χ1v) is 23.0. The summed E-state index contributed by atoms with van der Waals surface area (Å²) in [4.78, 5) is 0. The van der Waals surface area contributed by atoms with Crippen LogP contribution in [0.2, 0.25) is 40.2 Å². The first-order valence-electron chi connectivity index (χ1n) is 17.8. The van der Waals surface area contributed by atoms with Crippen molar-refractivity contribution in [3.63, 3.8) is 0 Å². The molecule has 0 saturated heterocycles. The standard InChI is InChI=1S/C24BCl8F12.C17H20IO3/c26-5-13(34)1(14(35)6(27)21(5)42)25(2-15(36)7(28)22(43)8(29)16(2)37,3-17(38)9(30)23(44)10(31)18(3)39)4-19(40)11(32)24(45)12(33)20(4)41;1-19-11-12-20-13-14-21-17-9-7-16(8-10-17)18-15-5-3-2-4-6-15/h;2-10H,11-14H2,1H3/q-1;+1. The third-order valence-corrected chi connectivity index (χ3v) is 14.7. The van der Waals surface area contributed by atoms with Crippen LogP contribution < -0.4 is 47.8 Å². The Labute approximate surface area is 416 Å². The van der Waals surface area contributed by atoms with Crippen molar-refractivity contribution in [2.45, 2.75) is 0 Å². The molecule has 0 aliphatic rings. The molecule has 0 bridgehead atoms. The van der Waals surface area contributed by atoms with Gasteiger partial charge in [0.05, 0.1) is 19.8 Å². The molecule has 0 atom stereocenters. The van der Waals surface area contributed by atoms with Gasteiger partial charge < -0.3 is 14.2 Å². The maximum atomic E-state index is 16.1. The lowest BCUT2D eigenvalue weighted by atomic mass is 9.12. The van der Waals surface area contributed by atoms with Gasteiger partial charge in [-0.15, -0.1) is 21.9 Å². The van der Waals surface area contributed by atoms with Crippen molar-refractivity contribution in [1.29, 1.82) is 0 Å². The zero-order valence-corrected chi connectivity index (χ0v) is 40.5. The van der Waals surface area contributed by atoms with Gasteiger partial charge in [0.1, 0.15) is 105 Å². The van der Waals surface area contributed by atoms with Crippen LogP contribution >= 0.6 is 92.8 Å². The molecule has 352 valence electrons. The summed E-state index contributed by atoms with van der Waals surface area (Å²) in [6.45, 7) is 2.39. The second kappa shape index (κ2) is 22.8. The molecule has 66 heavy (non-hydrogen) atoms. The molecular formula is C41H20BCl8F12IO3. The molecule has 0 N–H and O–H groups in total. The summed E-state index contributed by atoms with van der Waals surface area (Å²) in [7, 11) is 1.67. The second-order valence-corrected chi connectivity index (χ2v) is 19.2. The smallest absolute Gasteiger partial charge is 0.357 e. The zero-order valence-electron chi connectivity index (χ0n) is 32.3. The van der Waals surface area contributed by atoms with E-state index in [1.54, 1.807) is 7.11 Å². The Bertz CT molecular complexity index is 2420. The van der Waals surface area contributed by atoms with Crippen molar-refractivity contribution >= 4 is 121 Å². The largest absolute Gasteiger partial charge is 0.491 e. The van der Waals surface area contributed by atoms with E-state index in [4.69, 9.17) is 107 Å². The Morgan fingerprint density at radius 3 is 0.970 bits per heavy atom. The summed E-state index contributed by atoms with van der Waals surface area (Å²) >= 11 is 44.2. The van der Waals surface area contributed by atoms with E-state index < -0.39 is 138 Å². The van der Waals surface area contributed by atoms with Gasteiger partial charge in [0.15, 0.2) is 30.4 Å². The summed E-state index contributed by atoms with van der Waals surface area (Å²) in [5.41, 5.74) is -9.79. The molecular weight excluding hydrogens is 1190 g/mol. The number of hydrogen-bond donors (Lipinski definition) is 0. The number of ether oxygens (including phenoxy) is 3. The fourth-order valence-corrected chi connectivity index (χ4v) is 10.5. The molecule has 0 aromatic heterocycles. The highest BCUT2D eigenvalue weighted by molar-refractivity contribution is 7.20. The number of halogens is 21. The topological polar surface area (TPSA) is 27.7 Å². The van der Waals surface area contributed by atoms with E-state index in [-0.39, 0.29) is 21.2 Å². The monoisotopic (exact) mass is 1210 g/mol. The maximum Gasteiger partial charge on any atom is 0.357 e. The maximum absolute atomic E-state index is 16.1. The van der Waals surface area contributed by atoms with E-state index in [1.807, 2.05) is 12.1 Å². The molecule has 6 aromatic rings. The number of hydrogen-bond acceptors (Lipinski definition) is 3. The average Bonchev–Trinajstić information content (AvgIpc) is 3.31. The fourth-order valence-electron chi connectivity index (χ4n) is 6.53. The minimum absolute atomic E-state index is 0.102. The van der Waals surface area contributed by atoms with Gasteiger partial charge in [-0.2, -0.15) is 0 Å². The van der Waals surface area contributed by atoms with Gasteiger partial charge >= 0.3 is 21.2 Å². The van der Waals surface area contributed by atoms with Gasteiger partial charge in [-0.1, -0.05) is 111 Å². The van der Waals surface area contributed by atoms with Crippen molar-refractivity contribution in [3.8, 4) is 5.75 Å². The van der Waals surface area contributed by atoms with Crippen LogP contribution in [-0.4, -0.2) is 39.7 Å². The molecule has 0 saturated carbocycles. The number of benzene rings is 6. The normalized spacial score (nSPS) is 11.5. The molecule has 0 amide bonds. The van der Waals surface area contributed by atoms with Gasteiger partial charge in [-0.25, -0.2) is 52.7 Å². The Morgan fingerprint density at radius 2 is 0.667 bits per heavy atom. The lowest BCUT2D eigenvalue weighted by Gasteiger charge is -2.45. The predicted octanol–water partition coefficient (Wildman–Crippen LogP) is 9.82. The number of rotatable bonds is 13. The van der Waals surface area contributed by atoms with Gasteiger partial charge in [-0.3, -0.25) is 0 Å². The van der Waals surface area contributed by atoms with Crippen molar-refractivity contribution in [2.75, 3.05) is 33.5 Å². The third-order valence-electron chi connectivity index (χ3n) is 9.40. The Balaban J connectivity index is 0.000000324. The molecule has 0 fully saturated rings. The van der Waals surface area contributed by atoms with Crippen LogP contribution in [0.5, 0.6) is 5.75 Å². The van der Waals surface area contributed by atoms with Crippen LogP contribution in [0.15, 0.2) is 54.6 Å². The highest BCUT2D eigenvalue weighted by Gasteiger charge is 2.51.